The molecule has 1 aromatic carbocycles. The highest BCUT2D eigenvalue weighted by atomic mass is 32.1. The van der Waals surface area contributed by atoms with E-state index >= 15 is 0 Å². The molecule has 0 aliphatic heterocycles. The van der Waals surface area contributed by atoms with Gasteiger partial charge in [-0.15, -0.1) is 11.3 Å². The number of amides is 2. The van der Waals surface area contributed by atoms with Crippen LogP contribution in [0.1, 0.15) is 17.4 Å². The Kier molecular flexibility index (Phi) is 4.84. The molecule has 104 valence electrons. The number of carbonyl (C=O) groups excluding carboxylic acids is 2. The van der Waals surface area contributed by atoms with Crippen LogP contribution in [0.3, 0.4) is 0 Å². The molecule has 0 atom stereocenters. The molecule has 0 aliphatic rings. The first kappa shape index (κ1) is 14.2. The van der Waals surface area contributed by atoms with Crippen LogP contribution in [0.25, 0.3) is 10.6 Å². The molecule has 2 aromatic rings. The molecule has 1 aromatic heterocycles. The summed E-state index contributed by atoms with van der Waals surface area (Å²) in [5.41, 5.74) is 1.30. The molecule has 5 nitrogen and oxygen atoms in total. The maximum absolute atomic E-state index is 11.9. The Morgan fingerprint density at radius 1 is 1.20 bits per heavy atom. The highest BCUT2D eigenvalue weighted by molar-refractivity contribution is 7.13. The first-order valence-corrected chi connectivity index (χ1v) is 7.14. The number of nitrogens with one attached hydrogen (secondary N) is 2. The van der Waals surface area contributed by atoms with Crippen molar-refractivity contribution >= 4 is 23.2 Å². The number of nitrogens with zero attached hydrogens (tertiary/aromatic N) is 1. The van der Waals surface area contributed by atoms with Gasteiger partial charge >= 0.3 is 0 Å². The molecule has 0 aliphatic carbocycles. The summed E-state index contributed by atoms with van der Waals surface area (Å²) in [6.07, 6.45) is 0. The van der Waals surface area contributed by atoms with Gasteiger partial charge < -0.3 is 10.6 Å². The molecule has 0 unspecified atom stereocenters. The highest BCUT2D eigenvalue weighted by Crippen LogP contribution is 2.23. The van der Waals surface area contributed by atoms with Crippen molar-refractivity contribution in [3.63, 3.8) is 0 Å². The Balaban J connectivity index is 1.98. The van der Waals surface area contributed by atoms with Crippen molar-refractivity contribution in [3.8, 4) is 10.6 Å². The Morgan fingerprint density at radius 2 is 1.95 bits per heavy atom. The summed E-state index contributed by atoms with van der Waals surface area (Å²) in [7, 11) is 0. The maximum atomic E-state index is 11.9. The highest BCUT2D eigenvalue weighted by Gasteiger charge is 2.12. The molecule has 0 bridgehead atoms. The number of benzene rings is 1. The average Bonchev–Trinajstić information content (AvgIpc) is 2.96. The number of hydrogen-bond acceptors (Lipinski definition) is 4. The molecule has 0 spiro atoms. The molecule has 6 heteroatoms. The third-order valence-corrected chi connectivity index (χ3v) is 3.43. The second-order valence-electron chi connectivity index (χ2n) is 4.04. The van der Waals surface area contributed by atoms with E-state index in [1.807, 2.05) is 37.3 Å². The number of carbonyl (C=O) groups is 2. The maximum Gasteiger partial charge on any atom is 0.271 e. The summed E-state index contributed by atoms with van der Waals surface area (Å²) in [5, 5.41) is 7.63. The lowest BCUT2D eigenvalue weighted by Crippen LogP contribution is -2.36. The van der Waals surface area contributed by atoms with E-state index in [0.29, 0.717) is 12.2 Å². The second kappa shape index (κ2) is 6.81. The average molecular weight is 289 g/mol. The summed E-state index contributed by atoms with van der Waals surface area (Å²) in [6.45, 7) is 2.33. The van der Waals surface area contributed by atoms with Crippen LogP contribution in [0, 0.1) is 0 Å². The predicted molar refractivity (Wildman–Crippen MR) is 78.6 cm³/mol. The van der Waals surface area contributed by atoms with Gasteiger partial charge in [-0.2, -0.15) is 0 Å². The number of likely N-dealkylation sites (N-methyl/N-ethyl adjacent to an activating group) is 1. The van der Waals surface area contributed by atoms with Crippen molar-refractivity contribution in [1.29, 1.82) is 0 Å². The van der Waals surface area contributed by atoms with Crippen molar-refractivity contribution in [2.24, 2.45) is 0 Å². The lowest BCUT2D eigenvalue weighted by Gasteiger charge is -2.03. The van der Waals surface area contributed by atoms with Gasteiger partial charge in [0.25, 0.3) is 5.91 Å². The van der Waals surface area contributed by atoms with Gasteiger partial charge in [0, 0.05) is 17.5 Å². The van der Waals surface area contributed by atoms with E-state index in [-0.39, 0.29) is 18.4 Å². The third-order valence-electron chi connectivity index (χ3n) is 2.54. The van der Waals surface area contributed by atoms with Gasteiger partial charge in [0.2, 0.25) is 5.91 Å². The van der Waals surface area contributed by atoms with Gasteiger partial charge in [-0.3, -0.25) is 9.59 Å². The lowest BCUT2D eigenvalue weighted by atomic mass is 10.2. The first-order chi connectivity index (χ1) is 9.70. The SMILES string of the molecule is CCNC(=O)CNC(=O)c1csc(-c2ccccc2)n1. The lowest BCUT2D eigenvalue weighted by molar-refractivity contribution is -0.120. The summed E-state index contributed by atoms with van der Waals surface area (Å²) >= 11 is 1.40. The smallest absolute Gasteiger partial charge is 0.271 e. The molecule has 2 amide bonds. The van der Waals surface area contributed by atoms with Crippen LogP contribution < -0.4 is 10.6 Å². The van der Waals surface area contributed by atoms with Gasteiger partial charge in [-0.05, 0) is 6.92 Å². The third kappa shape index (κ3) is 3.64. The van der Waals surface area contributed by atoms with E-state index in [9.17, 15) is 9.59 Å². The fourth-order valence-corrected chi connectivity index (χ4v) is 2.41. The van der Waals surface area contributed by atoms with E-state index in [2.05, 4.69) is 15.6 Å². The first-order valence-electron chi connectivity index (χ1n) is 6.26. The van der Waals surface area contributed by atoms with Crippen LogP contribution in [-0.2, 0) is 4.79 Å². The van der Waals surface area contributed by atoms with Gasteiger partial charge in [-0.25, -0.2) is 4.98 Å². The van der Waals surface area contributed by atoms with E-state index < -0.39 is 0 Å². The van der Waals surface area contributed by atoms with Crippen molar-refractivity contribution < 1.29 is 9.59 Å². The minimum absolute atomic E-state index is 0.0368. The van der Waals surface area contributed by atoms with E-state index in [1.54, 1.807) is 5.38 Å². The summed E-state index contributed by atoms with van der Waals surface area (Å²) < 4.78 is 0. The minimum atomic E-state index is -0.338. The predicted octanol–water partition coefficient (Wildman–Crippen LogP) is 1.68. The van der Waals surface area contributed by atoms with Gasteiger partial charge in [0.1, 0.15) is 10.7 Å². The minimum Gasteiger partial charge on any atom is -0.355 e. The topological polar surface area (TPSA) is 71.1 Å². The molecule has 20 heavy (non-hydrogen) atoms. The summed E-state index contributed by atoms with van der Waals surface area (Å²) in [6, 6.07) is 9.65. The zero-order valence-electron chi connectivity index (χ0n) is 11.1. The Morgan fingerprint density at radius 3 is 2.65 bits per heavy atom. The standard InChI is InChI=1S/C14H15N3O2S/c1-2-15-12(18)8-16-13(19)11-9-20-14(17-11)10-6-4-3-5-7-10/h3-7,9H,2,8H2,1H3,(H,15,18)(H,16,19). The summed E-state index contributed by atoms with van der Waals surface area (Å²) in [4.78, 5) is 27.4. The molecule has 0 fully saturated rings. The number of aromatic nitrogens is 1. The van der Waals surface area contributed by atoms with E-state index in [4.69, 9.17) is 0 Å². The van der Waals surface area contributed by atoms with Crippen molar-refractivity contribution in [2.45, 2.75) is 6.92 Å². The monoisotopic (exact) mass is 289 g/mol. The Bertz CT molecular complexity index is 595. The van der Waals surface area contributed by atoms with Crippen molar-refractivity contribution in [3.05, 3.63) is 41.4 Å². The van der Waals surface area contributed by atoms with Crippen LogP contribution in [0.2, 0.25) is 0 Å². The van der Waals surface area contributed by atoms with Crippen LogP contribution >= 0.6 is 11.3 Å². The molecule has 1 heterocycles. The molecule has 2 N–H and O–H groups in total. The molecular formula is C14H15N3O2S. The number of thiazole rings is 1. The zero-order valence-corrected chi connectivity index (χ0v) is 11.9. The summed E-state index contributed by atoms with van der Waals surface area (Å²) in [5.74, 6) is -0.547. The zero-order chi connectivity index (χ0) is 14.4. The molecule has 0 saturated carbocycles. The fraction of sp³-hybridized carbons (Fsp3) is 0.214. The molecule has 0 radical (unpaired) electrons. The van der Waals surface area contributed by atoms with Crippen LogP contribution in [0.5, 0.6) is 0 Å². The quantitative estimate of drug-likeness (QED) is 0.879. The van der Waals surface area contributed by atoms with Crippen molar-refractivity contribution in [2.75, 3.05) is 13.1 Å². The Hall–Kier alpha value is -2.21. The Labute approximate surface area is 121 Å². The molecule has 0 saturated heterocycles. The van der Waals surface area contributed by atoms with Crippen LogP contribution in [0.15, 0.2) is 35.7 Å². The van der Waals surface area contributed by atoms with E-state index in [1.165, 1.54) is 11.3 Å². The van der Waals surface area contributed by atoms with Gasteiger partial charge in [0.15, 0.2) is 0 Å². The van der Waals surface area contributed by atoms with Crippen LogP contribution in [0.4, 0.5) is 0 Å². The molecule has 2 rings (SSSR count). The van der Waals surface area contributed by atoms with Gasteiger partial charge in [0.05, 0.1) is 6.54 Å². The fourth-order valence-electron chi connectivity index (χ4n) is 1.60. The number of hydrogen-bond donors (Lipinski definition) is 2. The van der Waals surface area contributed by atoms with Crippen molar-refractivity contribution in [1.82, 2.24) is 15.6 Å². The number of rotatable bonds is 5. The van der Waals surface area contributed by atoms with Gasteiger partial charge in [-0.1, -0.05) is 30.3 Å². The van der Waals surface area contributed by atoms with Crippen LogP contribution in [-0.4, -0.2) is 29.9 Å². The molecular weight excluding hydrogens is 274 g/mol. The second-order valence-corrected chi connectivity index (χ2v) is 4.90. The normalized spacial score (nSPS) is 10.1. The van der Waals surface area contributed by atoms with E-state index in [0.717, 1.165) is 10.6 Å². The largest absolute Gasteiger partial charge is 0.355 e.